The van der Waals surface area contributed by atoms with Gasteiger partial charge in [-0.25, -0.2) is 0 Å². The van der Waals surface area contributed by atoms with Crippen LogP contribution in [0.4, 0.5) is 0 Å². The van der Waals surface area contributed by atoms with E-state index >= 15 is 0 Å². The molecule has 0 radical (unpaired) electrons. The van der Waals surface area contributed by atoms with Gasteiger partial charge in [0, 0.05) is 0 Å². The van der Waals surface area contributed by atoms with E-state index in [-0.39, 0.29) is 0 Å². The van der Waals surface area contributed by atoms with E-state index in [1.807, 2.05) is 11.8 Å². The molecule has 0 saturated heterocycles. The topological polar surface area (TPSA) is 0 Å². The predicted molar refractivity (Wildman–Crippen MR) is 126 cm³/mol. The van der Waals surface area contributed by atoms with Gasteiger partial charge in [-0.05, 0) is 0 Å². The van der Waals surface area contributed by atoms with Crippen molar-refractivity contribution in [3.8, 4) is 0 Å². The van der Waals surface area contributed by atoms with Gasteiger partial charge in [-0.15, -0.1) is 0 Å². The summed E-state index contributed by atoms with van der Waals surface area (Å²) in [6.45, 7) is 2.15. The average molecular weight is 441 g/mol. The van der Waals surface area contributed by atoms with Crippen LogP contribution in [0.2, 0.25) is 0 Å². The fraction of sp³-hybridized carbons (Fsp3) is 0.0769. The van der Waals surface area contributed by atoms with Crippen LogP contribution in [-0.2, 0) is 0 Å². The van der Waals surface area contributed by atoms with Crippen molar-refractivity contribution in [2.24, 2.45) is 0 Å². The first kappa shape index (κ1) is 19.1. The van der Waals surface area contributed by atoms with E-state index in [9.17, 15) is 0 Å². The molecule has 0 spiro atoms. The Balaban J connectivity index is 1.86. The van der Waals surface area contributed by atoms with Crippen molar-refractivity contribution in [1.29, 1.82) is 0 Å². The molecule has 4 rings (SSSR count). The molecule has 0 aliphatic rings. The Kier molecular flexibility index (Phi) is 6.04. The van der Waals surface area contributed by atoms with Crippen LogP contribution in [0.15, 0.2) is 120 Å². The Bertz CT molecular complexity index is 900. The molecule has 138 valence electrons. The predicted octanol–water partition coefficient (Wildman–Crippen LogP) is 4.80. The fourth-order valence-corrected chi connectivity index (χ4v) is 17.4. The van der Waals surface area contributed by atoms with Crippen molar-refractivity contribution in [2.45, 2.75) is 11.8 Å². The number of benzene rings is 4. The van der Waals surface area contributed by atoms with Crippen LogP contribution in [0.25, 0.3) is 0 Å². The first-order valence-electron chi connectivity index (χ1n) is 9.65. The molecule has 0 bridgehead atoms. The van der Waals surface area contributed by atoms with Gasteiger partial charge >= 0.3 is 175 Å². The summed E-state index contributed by atoms with van der Waals surface area (Å²) in [5.74, 6) is 0. The number of hydrogen-bond acceptors (Lipinski definition) is 1. The summed E-state index contributed by atoms with van der Waals surface area (Å²) in [5, 5.41) is 0. The average Bonchev–Trinajstić information content (AvgIpc) is 2.78. The molecular formula is C26H24GeS. The zero-order valence-corrected chi connectivity index (χ0v) is 19.0. The molecule has 0 atom stereocenters. The Morgan fingerprint density at radius 2 is 0.929 bits per heavy atom. The van der Waals surface area contributed by atoms with Crippen LogP contribution >= 0.6 is 11.8 Å². The van der Waals surface area contributed by atoms with Crippen LogP contribution in [0.1, 0.15) is 5.56 Å². The van der Waals surface area contributed by atoms with Gasteiger partial charge in [0.25, 0.3) is 0 Å². The first-order valence-corrected chi connectivity index (χ1v) is 15.3. The number of aryl methyl sites for hydroxylation is 1. The molecule has 0 unspecified atom stereocenters. The molecule has 2 heteroatoms. The Labute approximate surface area is 175 Å². The zero-order valence-electron chi connectivity index (χ0n) is 16.1. The van der Waals surface area contributed by atoms with E-state index in [0.29, 0.717) is 0 Å². The summed E-state index contributed by atoms with van der Waals surface area (Å²) < 4.78 is 5.67. The van der Waals surface area contributed by atoms with Crippen LogP contribution in [0.5, 0.6) is 0 Å². The second-order valence-corrected chi connectivity index (χ2v) is 17.4. The maximum absolute atomic E-state index is 2.84. The third-order valence-electron chi connectivity index (χ3n) is 5.28. The van der Waals surface area contributed by atoms with Crippen LogP contribution in [0, 0.1) is 6.92 Å². The van der Waals surface area contributed by atoms with Crippen molar-refractivity contribution in [1.82, 2.24) is 0 Å². The van der Waals surface area contributed by atoms with Crippen molar-refractivity contribution >= 4 is 38.2 Å². The van der Waals surface area contributed by atoms with Gasteiger partial charge in [0.05, 0.1) is 0 Å². The molecule has 0 nitrogen and oxygen atoms in total. The monoisotopic (exact) mass is 442 g/mol. The first-order chi connectivity index (χ1) is 13.8. The van der Waals surface area contributed by atoms with Gasteiger partial charge in [0.1, 0.15) is 0 Å². The molecule has 4 aromatic carbocycles. The van der Waals surface area contributed by atoms with Crippen molar-refractivity contribution < 1.29 is 0 Å². The van der Waals surface area contributed by atoms with Crippen LogP contribution in [-0.4, -0.2) is 17.9 Å². The second-order valence-electron chi connectivity index (χ2n) is 7.11. The Morgan fingerprint density at radius 1 is 0.536 bits per heavy atom. The molecule has 28 heavy (non-hydrogen) atoms. The Morgan fingerprint density at radius 3 is 1.32 bits per heavy atom. The molecule has 4 aromatic rings. The van der Waals surface area contributed by atoms with E-state index in [1.54, 1.807) is 0 Å². The molecule has 0 amide bonds. The third-order valence-corrected chi connectivity index (χ3v) is 18.4. The van der Waals surface area contributed by atoms with Crippen LogP contribution in [0.3, 0.4) is 0 Å². The van der Waals surface area contributed by atoms with E-state index in [1.165, 1.54) is 23.6 Å². The summed E-state index contributed by atoms with van der Waals surface area (Å²) >= 11 is -0.835. The van der Waals surface area contributed by atoms with Gasteiger partial charge in [-0.1, -0.05) is 0 Å². The summed E-state index contributed by atoms with van der Waals surface area (Å²) in [5.41, 5.74) is 1.31. The third kappa shape index (κ3) is 3.96. The van der Waals surface area contributed by atoms with Gasteiger partial charge < -0.3 is 0 Å². The summed E-state index contributed by atoms with van der Waals surface area (Å²) in [7, 11) is 0. The van der Waals surface area contributed by atoms with Gasteiger partial charge in [0.2, 0.25) is 0 Å². The molecule has 0 fully saturated rings. The summed E-state index contributed by atoms with van der Waals surface area (Å²) in [6.07, 6.45) is 0. The standard InChI is InChI=1S/C26H24GeS/c1-22-17-19-26(20-18-22)28-21-27(23-11-5-2-6-12-23,24-13-7-3-8-14-24)25-15-9-4-10-16-25/h2-20H,21H2,1H3. The van der Waals surface area contributed by atoms with E-state index in [2.05, 4.69) is 122 Å². The molecule has 0 N–H and O–H groups in total. The minimum atomic E-state index is -2.84. The molecule has 0 aliphatic heterocycles. The number of hydrogen-bond donors (Lipinski definition) is 0. The SMILES string of the molecule is Cc1ccc(S[CH2][Ge]([c]2ccccc2)([c]2ccccc2)[c]2ccccc2)cc1. The molecule has 0 saturated carbocycles. The quantitative estimate of drug-likeness (QED) is 0.306. The fourth-order valence-electron chi connectivity index (χ4n) is 3.74. The minimum absolute atomic E-state index is 1.13. The van der Waals surface area contributed by atoms with Crippen molar-refractivity contribution in [3.05, 3.63) is 121 Å². The van der Waals surface area contributed by atoms with E-state index in [0.717, 1.165) is 4.59 Å². The van der Waals surface area contributed by atoms with Crippen molar-refractivity contribution in [2.75, 3.05) is 4.59 Å². The Hall–Kier alpha value is -2.23. The van der Waals surface area contributed by atoms with Crippen LogP contribution < -0.4 is 13.2 Å². The normalized spacial score (nSPS) is 11.3. The van der Waals surface area contributed by atoms with E-state index in [4.69, 9.17) is 0 Å². The maximum atomic E-state index is 2.34. The van der Waals surface area contributed by atoms with E-state index < -0.39 is 13.3 Å². The van der Waals surface area contributed by atoms with Gasteiger partial charge in [-0.2, -0.15) is 0 Å². The molecular weight excluding hydrogens is 417 g/mol. The molecule has 0 aromatic heterocycles. The number of thioether (sulfide) groups is 1. The molecule has 0 aliphatic carbocycles. The second kappa shape index (κ2) is 8.85. The number of rotatable bonds is 6. The summed E-state index contributed by atoms with van der Waals surface area (Å²) in [6, 6.07) is 42.5. The zero-order chi connectivity index (χ0) is 19.2. The van der Waals surface area contributed by atoms with Gasteiger partial charge in [-0.3, -0.25) is 0 Å². The summed E-state index contributed by atoms with van der Waals surface area (Å²) in [4.78, 5) is 1.35. The van der Waals surface area contributed by atoms with Crippen molar-refractivity contribution in [3.63, 3.8) is 0 Å². The molecule has 0 heterocycles. The van der Waals surface area contributed by atoms with Gasteiger partial charge in [0.15, 0.2) is 0 Å².